The van der Waals surface area contributed by atoms with Gasteiger partial charge in [-0.1, -0.05) is 22.0 Å². The van der Waals surface area contributed by atoms with Gasteiger partial charge in [-0.05, 0) is 50.5 Å². The van der Waals surface area contributed by atoms with Crippen LogP contribution in [0.1, 0.15) is 30.5 Å². The summed E-state index contributed by atoms with van der Waals surface area (Å²) in [5.74, 6) is -0.167. The van der Waals surface area contributed by atoms with Crippen molar-refractivity contribution in [2.24, 2.45) is 0 Å². The third-order valence-corrected chi connectivity index (χ3v) is 3.17. The molecule has 0 aromatic heterocycles. The van der Waals surface area contributed by atoms with Crippen molar-refractivity contribution in [2.75, 3.05) is 0 Å². The lowest BCUT2D eigenvalue weighted by atomic mass is 10.0. The summed E-state index contributed by atoms with van der Waals surface area (Å²) in [7, 11) is 0. The summed E-state index contributed by atoms with van der Waals surface area (Å²) in [6.45, 7) is 7.73. The molecule has 0 spiro atoms. The summed E-state index contributed by atoms with van der Waals surface area (Å²) in [5.41, 5.74) is 3.28. The Kier molecular flexibility index (Phi) is 4.54. The number of benzene rings is 1. The SMILES string of the molecule is Cc1cc(CC(=O)OC(C)C)c(C)cc1Br. The normalized spacial score (nSPS) is 10.6. The van der Waals surface area contributed by atoms with Gasteiger partial charge in [-0.25, -0.2) is 0 Å². The fraction of sp³-hybridized carbons (Fsp3) is 0.462. The Hall–Kier alpha value is -0.830. The molecule has 88 valence electrons. The lowest BCUT2D eigenvalue weighted by Gasteiger charge is -2.11. The van der Waals surface area contributed by atoms with Crippen LogP contribution in [0.5, 0.6) is 0 Å². The number of halogens is 1. The predicted molar refractivity (Wildman–Crippen MR) is 68.5 cm³/mol. The molecule has 0 unspecified atom stereocenters. The lowest BCUT2D eigenvalue weighted by molar-refractivity contribution is -0.146. The second kappa shape index (κ2) is 5.48. The van der Waals surface area contributed by atoms with Crippen molar-refractivity contribution < 1.29 is 9.53 Å². The molecule has 0 heterocycles. The topological polar surface area (TPSA) is 26.3 Å². The second-order valence-electron chi connectivity index (χ2n) is 4.24. The molecular formula is C13H17BrO2. The van der Waals surface area contributed by atoms with E-state index in [1.165, 1.54) is 0 Å². The van der Waals surface area contributed by atoms with Gasteiger partial charge < -0.3 is 4.74 Å². The Morgan fingerprint density at radius 2 is 1.94 bits per heavy atom. The van der Waals surface area contributed by atoms with Crippen molar-refractivity contribution in [3.8, 4) is 0 Å². The standard InChI is InChI=1S/C13H17BrO2/c1-8(2)16-13(15)7-11-5-10(4)12(14)6-9(11)3/h5-6,8H,7H2,1-4H3. The Labute approximate surface area is 105 Å². The molecule has 1 aromatic rings. The zero-order valence-corrected chi connectivity index (χ0v) is 11.7. The van der Waals surface area contributed by atoms with E-state index >= 15 is 0 Å². The van der Waals surface area contributed by atoms with Crippen molar-refractivity contribution in [2.45, 2.75) is 40.2 Å². The maximum atomic E-state index is 11.5. The molecule has 0 fully saturated rings. The first-order valence-electron chi connectivity index (χ1n) is 5.35. The van der Waals surface area contributed by atoms with Gasteiger partial charge in [0.25, 0.3) is 0 Å². The first kappa shape index (κ1) is 13.2. The fourth-order valence-corrected chi connectivity index (χ4v) is 1.95. The second-order valence-corrected chi connectivity index (χ2v) is 5.10. The summed E-state index contributed by atoms with van der Waals surface area (Å²) in [4.78, 5) is 11.5. The average Bonchev–Trinajstić information content (AvgIpc) is 2.12. The van der Waals surface area contributed by atoms with Gasteiger partial charge in [0, 0.05) is 4.47 Å². The molecule has 16 heavy (non-hydrogen) atoms. The van der Waals surface area contributed by atoms with Crippen molar-refractivity contribution >= 4 is 21.9 Å². The van der Waals surface area contributed by atoms with Crippen LogP contribution >= 0.6 is 15.9 Å². The third-order valence-electron chi connectivity index (χ3n) is 2.32. The zero-order chi connectivity index (χ0) is 12.3. The quantitative estimate of drug-likeness (QED) is 0.794. The molecule has 1 aromatic carbocycles. The van der Waals surface area contributed by atoms with E-state index in [0.717, 1.165) is 21.2 Å². The van der Waals surface area contributed by atoms with E-state index in [1.807, 2.05) is 39.8 Å². The van der Waals surface area contributed by atoms with Crippen LogP contribution in [0, 0.1) is 13.8 Å². The molecule has 0 aliphatic heterocycles. The average molecular weight is 285 g/mol. The van der Waals surface area contributed by atoms with Gasteiger partial charge in [0.2, 0.25) is 0 Å². The van der Waals surface area contributed by atoms with Gasteiger partial charge in [-0.2, -0.15) is 0 Å². The van der Waals surface area contributed by atoms with E-state index in [9.17, 15) is 4.79 Å². The van der Waals surface area contributed by atoms with E-state index in [0.29, 0.717) is 6.42 Å². The van der Waals surface area contributed by atoms with Crippen LogP contribution in [0.15, 0.2) is 16.6 Å². The van der Waals surface area contributed by atoms with E-state index in [1.54, 1.807) is 0 Å². The number of ether oxygens (including phenoxy) is 1. The molecule has 0 aliphatic carbocycles. The van der Waals surface area contributed by atoms with E-state index in [-0.39, 0.29) is 12.1 Å². The van der Waals surface area contributed by atoms with Crippen LogP contribution < -0.4 is 0 Å². The van der Waals surface area contributed by atoms with Crippen LogP contribution in [0.3, 0.4) is 0 Å². The summed E-state index contributed by atoms with van der Waals surface area (Å²) in [6.07, 6.45) is 0.294. The van der Waals surface area contributed by atoms with Gasteiger partial charge in [0.05, 0.1) is 12.5 Å². The number of rotatable bonds is 3. The van der Waals surface area contributed by atoms with E-state index in [2.05, 4.69) is 15.9 Å². The molecular weight excluding hydrogens is 268 g/mol. The molecule has 0 atom stereocenters. The summed E-state index contributed by atoms with van der Waals surface area (Å²) >= 11 is 3.47. The number of carbonyl (C=O) groups excluding carboxylic acids is 1. The number of aryl methyl sites for hydroxylation is 2. The largest absolute Gasteiger partial charge is 0.463 e. The predicted octanol–water partition coefficient (Wildman–Crippen LogP) is 3.56. The number of esters is 1. The van der Waals surface area contributed by atoms with Gasteiger partial charge in [0.15, 0.2) is 0 Å². The highest BCUT2D eigenvalue weighted by Gasteiger charge is 2.10. The van der Waals surface area contributed by atoms with Gasteiger partial charge >= 0.3 is 5.97 Å². The molecule has 0 bridgehead atoms. The fourth-order valence-electron chi connectivity index (χ4n) is 1.49. The van der Waals surface area contributed by atoms with Gasteiger partial charge in [0.1, 0.15) is 0 Å². The summed E-state index contributed by atoms with van der Waals surface area (Å²) in [6, 6.07) is 4.06. The molecule has 0 aliphatic rings. The molecule has 0 saturated heterocycles. The van der Waals surface area contributed by atoms with Crippen molar-refractivity contribution in [3.05, 3.63) is 33.3 Å². The van der Waals surface area contributed by atoms with Gasteiger partial charge in [-0.15, -0.1) is 0 Å². The highest BCUT2D eigenvalue weighted by molar-refractivity contribution is 9.10. The third kappa shape index (κ3) is 3.63. The molecule has 0 saturated carbocycles. The molecule has 2 nitrogen and oxygen atoms in total. The Morgan fingerprint density at radius 3 is 2.50 bits per heavy atom. The van der Waals surface area contributed by atoms with Crippen LogP contribution in [0.4, 0.5) is 0 Å². The van der Waals surface area contributed by atoms with Crippen molar-refractivity contribution in [3.63, 3.8) is 0 Å². The van der Waals surface area contributed by atoms with Crippen LogP contribution in [-0.4, -0.2) is 12.1 Å². The van der Waals surface area contributed by atoms with Crippen LogP contribution in [0.2, 0.25) is 0 Å². The summed E-state index contributed by atoms with van der Waals surface area (Å²) in [5, 5.41) is 0. The van der Waals surface area contributed by atoms with E-state index < -0.39 is 0 Å². The Balaban J connectivity index is 2.81. The minimum Gasteiger partial charge on any atom is -0.463 e. The number of hydrogen-bond acceptors (Lipinski definition) is 2. The number of hydrogen-bond donors (Lipinski definition) is 0. The van der Waals surface area contributed by atoms with Crippen molar-refractivity contribution in [1.29, 1.82) is 0 Å². The maximum Gasteiger partial charge on any atom is 0.310 e. The molecule has 3 heteroatoms. The van der Waals surface area contributed by atoms with E-state index in [4.69, 9.17) is 4.74 Å². The highest BCUT2D eigenvalue weighted by atomic mass is 79.9. The Morgan fingerprint density at radius 1 is 1.31 bits per heavy atom. The molecule has 0 radical (unpaired) electrons. The monoisotopic (exact) mass is 284 g/mol. The summed E-state index contributed by atoms with van der Waals surface area (Å²) < 4.78 is 6.20. The zero-order valence-electron chi connectivity index (χ0n) is 10.1. The van der Waals surface area contributed by atoms with Crippen molar-refractivity contribution in [1.82, 2.24) is 0 Å². The maximum absolute atomic E-state index is 11.5. The Bertz CT molecular complexity index is 397. The van der Waals surface area contributed by atoms with Crippen LogP contribution in [-0.2, 0) is 16.0 Å². The smallest absolute Gasteiger partial charge is 0.310 e. The minimum absolute atomic E-state index is 0.0515. The van der Waals surface area contributed by atoms with Gasteiger partial charge in [-0.3, -0.25) is 4.79 Å². The first-order chi connectivity index (χ1) is 7.40. The lowest BCUT2D eigenvalue weighted by Crippen LogP contribution is -2.14. The highest BCUT2D eigenvalue weighted by Crippen LogP contribution is 2.21. The number of carbonyl (C=O) groups is 1. The molecule has 0 N–H and O–H groups in total. The molecule has 1 rings (SSSR count). The first-order valence-corrected chi connectivity index (χ1v) is 6.14. The van der Waals surface area contributed by atoms with Crippen LogP contribution in [0.25, 0.3) is 0 Å². The minimum atomic E-state index is -0.167. The molecule has 0 amide bonds.